The van der Waals surface area contributed by atoms with Gasteiger partial charge in [-0.2, -0.15) is 0 Å². The maximum atomic E-state index is 4.10. The molecule has 0 aromatic heterocycles. The lowest BCUT2D eigenvalue weighted by Crippen LogP contribution is -2.33. The van der Waals surface area contributed by atoms with E-state index in [1.54, 1.807) is 0 Å². The zero-order valence-electron chi connectivity index (χ0n) is 9.68. The maximum Gasteiger partial charge on any atom is 0.0159 e. The Kier molecular flexibility index (Phi) is 5.20. The molecule has 0 amide bonds. The molecule has 0 aromatic rings. The van der Waals surface area contributed by atoms with Crippen molar-refractivity contribution in [3.63, 3.8) is 0 Å². The van der Waals surface area contributed by atoms with E-state index in [0.29, 0.717) is 0 Å². The first-order valence-corrected chi connectivity index (χ1v) is 5.79. The lowest BCUT2D eigenvalue weighted by molar-refractivity contribution is 0.192. The zero-order valence-corrected chi connectivity index (χ0v) is 9.68. The van der Waals surface area contributed by atoms with Gasteiger partial charge in [-0.3, -0.25) is 0 Å². The highest BCUT2D eigenvalue weighted by Crippen LogP contribution is 2.22. The summed E-state index contributed by atoms with van der Waals surface area (Å²) in [5.74, 6) is 0.888. The molecule has 0 spiro atoms. The standard InChI is InChI=1S/C12H24N2/c1-4-14-7-5-12(6-8-14)9-11(2)10-13-3/h12-13H,2,4-10H2,1,3H3. The molecule has 1 aliphatic rings. The summed E-state index contributed by atoms with van der Waals surface area (Å²) in [4.78, 5) is 2.54. The molecular formula is C12H24N2. The molecule has 1 aliphatic heterocycles. The first-order valence-electron chi connectivity index (χ1n) is 5.79. The highest BCUT2D eigenvalue weighted by atomic mass is 15.1. The largest absolute Gasteiger partial charge is 0.316 e. The van der Waals surface area contributed by atoms with Crippen LogP contribution >= 0.6 is 0 Å². The zero-order chi connectivity index (χ0) is 10.4. The molecular weight excluding hydrogens is 172 g/mol. The predicted octanol–water partition coefficient (Wildman–Crippen LogP) is 1.88. The van der Waals surface area contributed by atoms with Crippen molar-refractivity contribution in [2.75, 3.05) is 33.2 Å². The van der Waals surface area contributed by atoms with E-state index < -0.39 is 0 Å². The van der Waals surface area contributed by atoms with Crippen molar-refractivity contribution in [3.05, 3.63) is 12.2 Å². The molecule has 1 rings (SSSR count). The van der Waals surface area contributed by atoms with Crippen LogP contribution in [-0.4, -0.2) is 38.1 Å². The second kappa shape index (κ2) is 6.20. The van der Waals surface area contributed by atoms with Crippen LogP contribution in [-0.2, 0) is 0 Å². The third-order valence-electron chi connectivity index (χ3n) is 3.16. The third-order valence-corrected chi connectivity index (χ3v) is 3.16. The quantitative estimate of drug-likeness (QED) is 0.675. The highest BCUT2D eigenvalue weighted by molar-refractivity contribution is 4.98. The number of piperidine rings is 1. The van der Waals surface area contributed by atoms with Crippen LogP contribution in [0, 0.1) is 5.92 Å². The Balaban J connectivity index is 2.18. The SMILES string of the molecule is C=C(CNC)CC1CCN(CC)CC1. The summed E-state index contributed by atoms with van der Waals surface area (Å²) in [6, 6.07) is 0. The van der Waals surface area contributed by atoms with E-state index in [9.17, 15) is 0 Å². The fourth-order valence-corrected chi connectivity index (χ4v) is 2.24. The molecule has 0 saturated carbocycles. The number of nitrogens with one attached hydrogen (secondary N) is 1. The van der Waals surface area contributed by atoms with Crippen LogP contribution in [0.3, 0.4) is 0 Å². The van der Waals surface area contributed by atoms with E-state index in [2.05, 4.69) is 23.7 Å². The minimum atomic E-state index is 0.888. The summed E-state index contributed by atoms with van der Waals surface area (Å²) in [6.45, 7) is 11.1. The molecule has 0 radical (unpaired) electrons. The molecule has 0 unspecified atom stereocenters. The monoisotopic (exact) mass is 196 g/mol. The van der Waals surface area contributed by atoms with Gasteiger partial charge in [-0.1, -0.05) is 19.1 Å². The summed E-state index contributed by atoms with van der Waals surface area (Å²) in [7, 11) is 1.99. The van der Waals surface area contributed by atoms with Crippen LogP contribution in [0.2, 0.25) is 0 Å². The van der Waals surface area contributed by atoms with Gasteiger partial charge in [-0.15, -0.1) is 0 Å². The first kappa shape index (κ1) is 11.7. The fourth-order valence-electron chi connectivity index (χ4n) is 2.24. The first-order chi connectivity index (χ1) is 6.76. The predicted molar refractivity (Wildman–Crippen MR) is 62.5 cm³/mol. The molecule has 0 aromatic carbocycles. The molecule has 0 bridgehead atoms. The average Bonchev–Trinajstić information content (AvgIpc) is 2.19. The number of likely N-dealkylation sites (N-methyl/N-ethyl adjacent to an activating group) is 1. The van der Waals surface area contributed by atoms with Crippen LogP contribution in [0.4, 0.5) is 0 Å². The lowest BCUT2D eigenvalue weighted by atomic mass is 9.90. The van der Waals surface area contributed by atoms with Gasteiger partial charge in [0.15, 0.2) is 0 Å². The minimum Gasteiger partial charge on any atom is -0.316 e. The van der Waals surface area contributed by atoms with Crippen molar-refractivity contribution in [2.45, 2.75) is 26.2 Å². The normalized spacial score (nSPS) is 19.9. The Bertz CT molecular complexity index is 169. The summed E-state index contributed by atoms with van der Waals surface area (Å²) in [5.41, 5.74) is 1.36. The van der Waals surface area contributed by atoms with Gasteiger partial charge in [0, 0.05) is 6.54 Å². The van der Waals surface area contributed by atoms with Gasteiger partial charge < -0.3 is 10.2 Å². The summed E-state index contributed by atoms with van der Waals surface area (Å²) in [5, 5.41) is 3.17. The van der Waals surface area contributed by atoms with Gasteiger partial charge in [0.25, 0.3) is 0 Å². The van der Waals surface area contributed by atoms with Gasteiger partial charge in [0.05, 0.1) is 0 Å². The Morgan fingerprint density at radius 1 is 1.43 bits per heavy atom. The average molecular weight is 196 g/mol. The smallest absolute Gasteiger partial charge is 0.0159 e. The second-order valence-corrected chi connectivity index (χ2v) is 4.36. The highest BCUT2D eigenvalue weighted by Gasteiger charge is 2.18. The molecule has 2 heteroatoms. The molecule has 0 aliphatic carbocycles. The van der Waals surface area contributed by atoms with E-state index in [1.165, 1.54) is 44.5 Å². The maximum absolute atomic E-state index is 4.10. The van der Waals surface area contributed by atoms with Crippen LogP contribution in [0.25, 0.3) is 0 Å². The number of nitrogens with zero attached hydrogens (tertiary/aromatic N) is 1. The van der Waals surface area contributed by atoms with Gasteiger partial charge >= 0.3 is 0 Å². The lowest BCUT2D eigenvalue weighted by Gasteiger charge is -2.31. The Labute approximate surface area is 88.4 Å². The van der Waals surface area contributed by atoms with Gasteiger partial charge in [0.1, 0.15) is 0 Å². The molecule has 1 heterocycles. The van der Waals surface area contributed by atoms with Crippen LogP contribution in [0.5, 0.6) is 0 Å². The van der Waals surface area contributed by atoms with Gasteiger partial charge in [0.2, 0.25) is 0 Å². The van der Waals surface area contributed by atoms with E-state index in [1.807, 2.05) is 7.05 Å². The van der Waals surface area contributed by atoms with Gasteiger partial charge in [-0.25, -0.2) is 0 Å². The van der Waals surface area contributed by atoms with Crippen LogP contribution in [0.15, 0.2) is 12.2 Å². The molecule has 0 atom stereocenters. The van der Waals surface area contributed by atoms with Crippen molar-refractivity contribution >= 4 is 0 Å². The van der Waals surface area contributed by atoms with Gasteiger partial charge in [-0.05, 0) is 51.9 Å². The van der Waals surface area contributed by atoms with Crippen molar-refractivity contribution in [2.24, 2.45) is 5.92 Å². The molecule has 14 heavy (non-hydrogen) atoms. The molecule has 82 valence electrons. The number of likely N-dealkylation sites (tertiary alicyclic amines) is 1. The molecule has 1 fully saturated rings. The fraction of sp³-hybridized carbons (Fsp3) is 0.833. The summed E-state index contributed by atoms with van der Waals surface area (Å²) in [6.07, 6.45) is 3.94. The number of hydrogen-bond donors (Lipinski definition) is 1. The van der Waals surface area contributed by atoms with E-state index >= 15 is 0 Å². The van der Waals surface area contributed by atoms with E-state index in [-0.39, 0.29) is 0 Å². The molecule has 1 N–H and O–H groups in total. The Morgan fingerprint density at radius 3 is 2.57 bits per heavy atom. The van der Waals surface area contributed by atoms with Crippen LogP contribution in [0.1, 0.15) is 26.2 Å². The van der Waals surface area contributed by atoms with Crippen molar-refractivity contribution in [1.82, 2.24) is 10.2 Å². The van der Waals surface area contributed by atoms with E-state index in [0.717, 1.165) is 12.5 Å². The second-order valence-electron chi connectivity index (χ2n) is 4.36. The Hall–Kier alpha value is -0.340. The summed E-state index contributed by atoms with van der Waals surface area (Å²) >= 11 is 0. The number of hydrogen-bond acceptors (Lipinski definition) is 2. The topological polar surface area (TPSA) is 15.3 Å². The number of rotatable bonds is 5. The van der Waals surface area contributed by atoms with Crippen molar-refractivity contribution < 1.29 is 0 Å². The Morgan fingerprint density at radius 2 is 2.07 bits per heavy atom. The minimum absolute atomic E-state index is 0.888. The van der Waals surface area contributed by atoms with Crippen molar-refractivity contribution in [1.29, 1.82) is 0 Å². The van der Waals surface area contributed by atoms with E-state index in [4.69, 9.17) is 0 Å². The van der Waals surface area contributed by atoms with Crippen LogP contribution < -0.4 is 5.32 Å². The molecule has 1 saturated heterocycles. The van der Waals surface area contributed by atoms with Crippen molar-refractivity contribution in [3.8, 4) is 0 Å². The summed E-state index contributed by atoms with van der Waals surface area (Å²) < 4.78 is 0. The third kappa shape index (κ3) is 3.81. The molecule has 2 nitrogen and oxygen atoms in total.